The van der Waals surface area contributed by atoms with E-state index in [0.29, 0.717) is 13.1 Å². The number of nitrogens with zero attached hydrogens (tertiary/aromatic N) is 3. The number of carbonyl (C=O) groups excluding carboxylic acids is 1. The third-order valence-electron chi connectivity index (χ3n) is 3.11. The van der Waals surface area contributed by atoms with Crippen LogP contribution in [-0.4, -0.2) is 34.0 Å². The molecule has 0 saturated heterocycles. The third-order valence-corrected chi connectivity index (χ3v) is 3.11. The minimum absolute atomic E-state index is 0.0544. The summed E-state index contributed by atoms with van der Waals surface area (Å²) in [6.07, 6.45) is 4.30. The summed E-state index contributed by atoms with van der Waals surface area (Å²) in [6.45, 7) is 1.45. The molecule has 6 heteroatoms. The van der Waals surface area contributed by atoms with Gasteiger partial charge in [-0.2, -0.15) is 0 Å². The van der Waals surface area contributed by atoms with Crippen LogP contribution in [0.2, 0.25) is 0 Å². The molecule has 0 aliphatic rings. The summed E-state index contributed by atoms with van der Waals surface area (Å²) >= 11 is 0. The Balaban J connectivity index is 1.70. The van der Waals surface area contributed by atoms with E-state index in [1.807, 2.05) is 30.3 Å². The molecular formula is C15H21N5O. The van der Waals surface area contributed by atoms with Gasteiger partial charge < -0.3 is 11.1 Å². The first-order chi connectivity index (χ1) is 10.3. The van der Waals surface area contributed by atoms with Crippen molar-refractivity contribution in [2.75, 3.05) is 13.1 Å². The normalized spacial score (nSPS) is 10.5. The fourth-order valence-electron chi connectivity index (χ4n) is 2.01. The van der Waals surface area contributed by atoms with Crippen molar-refractivity contribution in [2.24, 2.45) is 5.73 Å². The third kappa shape index (κ3) is 5.35. The van der Waals surface area contributed by atoms with Gasteiger partial charge in [-0.25, -0.2) is 4.68 Å². The van der Waals surface area contributed by atoms with Crippen LogP contribution in [0.4, 0.5) is 0 Å². The fourth-order valence-corrected chi connectivity index (χ4v) is 2.01. The van der Waals surface area contributed by atoms with Crippen molar-refractivity contribution in [3.05, 3.63) is 47.8 Å². The Morgan fingerprint density at radius 2 is 2.05 bits per heavy atom. The lowest BCUT2D eigenvalue weighted by molar-refractivity contribution is -0.121. The lowest BCUT2D eigenvalue weighted by Gasteiger charge is -2.05. The molecule has 6 nitrogen and oxygen atoms in total. The monoisotopic (exact) mass is 287 g/mol. The molecule has 1 aromatic heterocycles. The highest BCUT2D eigenvalue weighted by Crippen LogP contribution is 1.99. The summed E-state index contributed by atoms with van der Waals surface area (Å²) in [4.78, 5) is 11.8. The zero-order valence-electron chi connectivity index (χ0n) is 12.0. The second kappa shape index (κ2) is 8.16. The zero-order valence-corrected chi connectivity index (χ0v) is 12.0. The first-order valence-corrected chi connectivity index (χ1v) is 7.17. The van der Waals surface area contributed by atoms with E-state index < -0.39 is 0 Å². The van der Waals surface area contributed by atoms with Gasteiger partial charge in [0.2, 0.25) is 5.91 Å². The predicted molar refractivity (Wildman–Crippen MR) is 80.6 cm³/mol. The smallest absolute Gasteiger partial charge is 0.241 e. The molecule has 112 valence electrons. The highest BCUT2D eigenvalue weighted by atomic mass is 16.2. The number of benzene rings is 1. The van der Waals surface area contributed by atoms with Crippen molar-refractivity contribution >= 4 is 5.91 Å². The minimum Gasteiger partial charge on any atom is -0.354 e. The number of aromatic nitrogens is 3. The van der Waals surface area contributed by atoms with Gasteiger partial charge in [0.15, 0.2) is 0 Å². The van der Waals surface area contributed by atoms with Gasteiger partial charge in [0.1, 0.15) is 6.54 Å². The van der Waals surface area contributed by atoms with Crippen LogP contribution in [-0.2, 0) is 24.2 Å². The summed E-state index contributed by atoms with van der Waals surface area (Å²) in [5.41, 5.74) is 7.53. The minimum atomic E-state index is -0.0544. The van der Waals surface area contributed by atoms with Crippen LogP contribution in [0.25, 0.3) is 0 Å². The molecule has 0 saturated carbocycles. The van der Waals surface area contributed by atoms with Gasteiger partial charge in [-0.15, -0.1) is 5.10 Å². The van der Waals surface area contributed by atoms with Crippen LogP contribution in [0.1, 0.15) is 17.7 Å². The van der Waals surface area contributed by atoms with E-state index in [0.717, 1.165) is 25.0 Å². The summed E-state index contributed by atoms with van der Waals surface area (Å²) in [7, 11) is 0. The molecule has 0 spiro atoms. The molecule has 2 rings (SSSR count). The second-order valence-electron chi connectivity index (χ2n) is 4.89. The Morgan fingerprint density at radius 1 is 1.24 bits per heavy atom. The van der Waals surface area contributed by atoms with E-state index in [4.69, 9.17) is 5.73 Å². The molecule has 1 amide bonds. The molecule has 0 aliphatic heterocycles. The van der Waals surface area contributed by atoms with Gasteiger partial charge in [-0.3, -0.25) is 4.79 Å². The van der Waals surface area contributed by atoms with Gasteiger partial charge in [-0.1, -0.05) is 35.5 Å². The number of nitrogens with one attached hydrogen (secondary N) is 1. The molecule has 3 N–H and O–H groups in total. The number of aryl methyl sites for hydroxylation is 1. The molecule has 0 fully saturated rings. The highest BCUT2D eigenvalue weighted by Gasteiger charge is 2.05. The average molecular weight is 287 g/mol. The number of rotatable bonds is 8. The number of carbonyl (C=O) groups is 1. The second-order valence-corrected chi connectivity index (χ2v) is 4.89. The van der Waals surface area contributed by atoms with Crippen molar-refractivity contribution in [1.82, 2.24) is 20.3 Å². The van der Waals surface area contributed by atoms with Crippen LogP contribution < -0.4 is 11.1 Å². The maximum absolute atomic E-state index is 11.8. The molecule has 0 atom stereocenters. The molecular weight excluding hydrogens is 266 g/mol. The number of amides is 1. The van der Waals surface area contributed by atoms with Crippen molar-refractivity contribution < 1.29 is 4.79 Å². The molecule has 0 bridgehead atoms. The van der Waals surface area contributed by atoms with Crippen molar-refractivity contribution in [1.29, 1.82) is 0 Å². The van der Waals surface area contributed by atoms with E-state index in [2.05, 4.69) is 15.6 Å². The lowest BCUT2D eigenvalue weighted by Crippen LogP contribution is -2.29. The lowest BCUT2D eigenvalue weighted by atomic mass is 10.1. The predicted octanol–water partition coefficient (Wildman–Crippen LogP) is 0.528. The molecule has 2 aromatic rings. The zero-order chi connectivity index (χ0) is 14.9. The van der Waals surface area contributed by atoms with E-state index in [1.54, 1.807) is 10.9 Å². The maximum atomic E-state index is 11.8. The first-order valence-electron chi connectivity index (χ1n) is 7.17. The van der Waals surface area contributed by atoms with E-state index >= 15 is 0 Å². The Morgan fingerprint density at radius 3 is 2.81 bits per heavy atom. The van der Waals surface area contributed by atoms with E-state index in [1.165, 1.54) is 5.56 Å². The summed E-state index contributed by atoms with van der Waals surface area (Å²) < 4.78 is 1.56. The number of nitrogens with two attached hydrogens (primary N) is 1. The van der Waals surface area contributed by atoms with Gasteiger partial charge >= 0.3 is 0 Å². The maximum Gasteiger partial charge on any atom is 0.241 e. The van der Waals surface area contributed by atoms with Crippen molar-refractivity contribution in [3.63, 3.8) is 0 Å². The van der Waals surface area contributed by atoms with Crippen LogP contribution in [0.5, 0.6) is 0 Å². The molecule has 0 aliphatic carbocycles. The van der Waals surface area contributed by atoms with Crippen molar-refractivity contribution in [3.8, 4) is 0 Å². The number of hydrogen-bond acceptors (Lipinski definition) is 4. The highest BCUT2D eigenvalue weighted by molar-refractivity contribution is 5.75. The summed E-state index contributed by atoms with van der Waals surface area (Å²) in [6, 6.07) is 10.1. The van der Waals surface area contributed by atoms with Gasteiger partial charge in [-0.05, 0) is 31.4 Å². The molecule has 1 aromatic carbocycles. The Bertz CT molecular complexity index is 552. The Labute approximate surface area is 124 Å². The van der Waals surface area contributed by atoms with Gasteiger partial charge in [0.05, 0.1) is 5.69 Å². The standard InChI is InChI=1S/C15H21N5O/c16-9-4-7-14-11-20(19-18-14)12-15(21)17-10-8-13-5-2-1-3-6-13/h1-3,5-6,11H,4,7-10,12,16H2,(H,17,21). The Hall–Kier alpha value is -2.21. The SMILES string of the molecule is NCCCc1cn(CC(=O)NCCc2ccccc2)nn1. The molecule has 0 radical (unpaired) electrons. The first kappa shape index (κ1) is 15.2. The quantitative estimate of drug-likeness (QED) is 0.741. The van der Waals surface area contributed by atoms with Crippen LogP contribution in [0.15, 0.2) is 36.5 Å². The summed E-state index contributed by atoms with van der Waals surface area (Å²) in [5, 5.41) is 10.8. The fraction of sp³-hybridized carbons (Fsp3) is 0.400. The average Bonchev–Trinajstić information content (AvgIpc) is 2.93. The van der Waals surface area contributed by atoms with Crippen LogP contribution in [0.3, 0.4) is 0 Å². The molecule has 0 unspecified atom stereocenters. The van der Waals surface area contributed by atoms with E-state index in [-0.39, 0.29) is 12.5 Å². The van der Waals surface area contributed by atoms with Crippen molar-refractivity contribution in [2.45, 2.75) is 25.8 Å². The molecule has 1 heterocycles. The largest absolute Gasteiger partial charge is 0.354 e. The van der Waals surface area contributed by atoms with Crippen LogP contribution >= 0.6 is 0 Å². The number of hydrogen-bond donors (Lipinski definition) is 2. The van der Waals surface area contributed by atoms with Gasteiger partial charge in [0.25, 0.3) is 0 Å². The summed E-state index contributed by atoms with van der Waals surface area (Å²) in [5.74, 6) is -0.0544. The topological polar surface area (TPSA) is 85.8 Å². The van der Waals surface area contributed by atoms with Crippen LogP contribution in [0, 0.1) is 0 Å². The Kier molecular flexibility index (Phi) is 5.90. The molecule has 21 heavy (non-hydrogen) atoms. The van der Waals surface area contributed by atoms with E-state index in [9.17, 15) is 4.79 Å². The van der Waals surface area contributed by atoms with Gasteiger partial charge in [0, 0.05) is 12.7 Å².